The van der Waals surface area contributed by atoms with Crippen LogP contribution in [0.15, 0.2) is 48.7 Å². The van der Waals surface area contributed by atoms with Gasteiger partial charge >= 0.3 is 0 Å². The minimum Gasteiger partial charge on any atom is -0.497 e. The minimum atomic E-state index is -0.444. The van der Waals surface area contributed by atoms with Crippen LogP contribution in [0.3, 0.4) is 0 Å². The van der Waals surface area contributed by atoms with E-state index in [-0.39, 0.29) is 5.91 Å². The van der Waals surface area contributed by atoms with Crippen LogP contribution in [0.4, 0.5) is 10.1 Å². The average Bonchev–Trinajstić information content (AvgIpc) is 2.93. The molecular formula is C18H15FN2O3. The molecule has 1 aromatic heterocycles. The summed E-state index contributed by atoms with van der Waals surface area (Å²) in [6.45, 7) is 1.41. The summed E-state index contributed by atoms with van der Waals surface area (Å²) in [7, 11) is 1.52. The highest BCUT2D eigenvalue weighted by atomic mass is 19.1. The summed E-state index contributed by atoms with van der Waals surface area (Å²) in [6.07, 6.45) is 1.47. The fraction of sp³-hybridized carbons (Fsp3) is 0.111. The molecule has 1 amide bonds. The lowest BCUT2D eigenvalue weighted by atomic mass is 10.1. The topological polar surface area (TPSA) is 60.3 Å². The number of rotatable bonds is 3. The van der Waals surface area contributed by atoms with Crippen molar-refractivity contribution < 1.29 is 18.7 Å². The summed E-state index contributed by atoms with van der Waals surface area (Å²) in [4.78, 5) is 24.4. The maximum Gasteiger partial charge on any atom is 0.257 e. The maximum absolute atomic E-state index is 13.3. The molecule has 1 heterocycles. The predicted octanol–water partition coefficient (Wildman–Crippen LogP) is 3.70. The summed E-state index contributed by atoms with van der Waals surface area (Å²) in [6, 6.07) is 10.7. The van der Waals surface area contributed by atoms with Crippen molar-refractivity contribution in [3.8, 4) is 5.75 Å². The maximum atomic E-state index is 13.3. The Bertz CT molecular complexity index is 947. The Morgan fingerprint density at radius 1 is 1.17 bits per heavy atom. The van der Waals surface area contributed by atoms with Crippen molar-refractivity contribution in [3.63, 3.8) is 0 Å². The van der Waals surface area contributed by atoms with Crippen LogP contribution in [0.1, 0.15) is 22.1 Å². The van der Waals surface area contributed by atoms with Crippen LogP contribution in [0.25, 0.3) is 10.9 Å². The minimum absolute atomic E-state index is 0.213. The molecule has 2 aromatic carbocycles. The van der Waals surface area contributed by atoms with Crippen LogP contribution in [-0.2, 0) is 0 Å². The van der Waals surface area contributed by atoms with E-state index in [4.69, 9.17) is 4.74 Å². The molecule has 0 bridgehead atoms. The van der Waals surface area contributed by atoms with E-state index in [1.165, 1.54) is 43.0 Å². The van der Waals surface area contributed by atoms with Crippen molar-refractivity contribution in [2.24, 2.45) is 0 Å². The van der Waals surface area contributed by atoms with Crippen LogP contribution < -0.4 is 10.1 Å². The molecule has 24 heavy (non-hydrogen) atoms. The van der Waals surface area contributed by atoms with Crippen LogP contribution in [0, 0.1) is 5.82 Å². The number of ether oxygens (including phenoxy) is 1. The Morgan fingerprint density at radius 3 is 2.62 bits per heavy atom. The van der Waals surface area contributed by atoms with E-state index >= 15 is 0 Å². The van der Waals surface area contributed by atoms with Gasteiger partial charge < -0.3 is 10.1 Å². The van der Waals surface area contributed by atoms with Gasteiger partial charge in [0.15, 0.2) is 0 Å². The number of nitrogens with zero attached hydrogens (tertiary/aromatic N) is 1. The number of nitrogens with one attached hydrogen (secondary N) is 1. The zero-order valence-corrected chi connectivity index (χ0v) is 13.2. The molecule has 3 rings (SSSR count). The molecule has 0 aliphatic rings. The first kappa shape index (κ1) is 15.7. The van der Waals surface area contributed by atoms with E-state index in [9.17, 15) is 14.0 Å². The lowest BCUT2D eigenvalue weighted by Crippen LogP contribution is -2.12. The molecule has 0 fully saturated rings. The van der Waals surface area contributed by atoms with Gasteiger partial charge in [0.05, 0.1) is 18.2 Å². The molecule has 0 saturated carbocycles. The SMILES string of the molecule is COc1ccc2c(c1)c(C(=O)Nc1cccc(F)c1)cn2C(C)=O. The molecular weight excluding hydrogens is 311 g/mol. The van der Waals surface area contributed by atoms with Crippen molar-refractivity contribution in [2.75, 3.05) is 12.4 Å². The number of methoxy groups -OCH3 is 1. The third kappa shape index (κ3) is 2.86. The normalized spacial score (nSPS) is 10.6. The van der Waals surface area contributed by atoms with Crippen molar-refractivity contribution in [1.29, 1.82) is 0 Å². The van der Waals surface area contributed by atoms with E-state index < -0.39 is 11.7 Å². The Morgan fingerprint density at radius 2 is 1.96 bits per heavy atom. The average molecular weight is 326 g/mol. The number of carbonyl (C=O) groups is 2. The van der Waals surface area contributed by atoms with E-state index in [0.29, 0.717) is 27.9 Å². The molecule has 6 heteroatoms. The van der Waals surface area contributed by atoms with Crippen molar-refractivity contribution in [3.05, 3.63) is 60.0 Å². The number of hydrogen-bond acceptors (Lipinski definition) is 3. The highest BCUT2D eigenvalue weighted by Crippen LogP contribution is 2.27. The number of fused-ring (bicyclic) bond motifs is 1. The molecule has 122 valence electrons. The highest BCUT2D eigenvalue weighted by molar-refractivity contribution is 6.14. The number of aromatic nitrogens is 1. The highest BCUT2D eigenvalue weighted by Gasteiger charge is 2.18. The molecule has 0 aliphatic heterocycles. The zero-order chi connectivity index (χ0) is 17.3. The van der Waals surface area contributed by atoms with Gasteiger partial charge in [-0.05, 0) is 36.4 Å². The Kier molecular flexibility index (Phi) is 4.04. The second kappa shape index (κ2) is 6.16. The van der Waals surface area contributed by atoms with Gasteiger partial charge in [-0.1, -0.05) is 6.07 Å². The Hall–Kier alpha value is -3.15. The van der Waals surface area contributed by atoms with Gasteiger partial charge in [0.1, 0.15) is 11.6 Å². The second-order valence-electron chi connectivity index (χ2n) is 5.28. The van der Waals surface area contributed by atoms with Crippen LogP contribution in [-0.4, -0.2) is 23.5 Å². The molecule has 0 atom stereocenters. The van der Waals surface area contributed by atoms with E-state index in [0.717, 1.165) is 0 Å². The van der Waals surface area contributed by atoms with Crippen molar-refractivity contribution in [1.82, 2.24) is 4.57 Å². The van der Waals surface area contributed by atoms with Gasteiger partial charge in [-0.25, -0.2) is 4.39 Å². The van der Waals surface area contributed by atoms with Crippen LogP contribution in [0.5, 0.6) is 5.75 Å². The smallest absolute Gasteiger partial charge is 0.257 e. The third-order valence-corrected chi connectivity index (χ3v) is 3.68. The number of amides is 1. The quantitative estimate of drug-likeness (QED) is 0.798. The van der Waals surface area contributed by atoms with Gasteiger partial charge in [0.25, 0.3) is 5.91 Å². The second-order valence-corrected chi connectivity index (χ2v) is 5.28. The van der Waals surface area contributed by atoms with Crippen LogP contribution in [0.2, 0.25) is 0 Å². The number of anilines is 1. The molecule has 5 nitrogen and oxygen atoms in total. The van der Waals surface area contributed by atoms with Crippen molar-refractivity contribution in [2.45, 2.75) is 6.92 Å². The predicted molar refractivity (Wildman–Crippen MR) is 89.1 cm³/mol. The number of carbonyl (C=O) groups excluding carboxylic acids is 2. The summed E-state index contributed by atoms with van der Waals surface area (Å²) < 4.78 is 19.8. The monoisotopic (exact) mass is 326 g/mol. The molecule has 0 spiro atoms. The number of benzene rings is 2. The molecule has 0 radical (unpaired) electrons. The standard InChI is InChI=1S/C18H15FN2O3/c1-11(22)21-10-16(15-9-14(24-2)6-7-17(15)21)18(23)20-13-5-3-4-12(19)8-13/h3-10H,1-2H3,(H,20,23). The van der Waals surface area contributed by atoms with Gasteiger partial charge in [-0.3, -0.25) is 14.2 Å². The fourth-order valence-electron chi connectivity index (χ4n) is 2.54. The molecule has 3 aromatic rings. The van der Waals surface area contributed by atoms with E-state index in [1.807, 2.05) is 0 Å². The van der Waals surface area contributed by atoms with Crippen LogP contribution >= 0.6 is 0 Å². The molecule has 1 N–H and O–H groups in total. The first-order chi connectivity index (χ1) is 11.5. The number of hydrogen-bond donors (Lipinski definition) is 1. The first-order valence-corrected chi connectivity index (χ1v) is 7.26. The first-order valence-electron chi connectivity index (χ1n) is 7.26. The number of halogens is 1. The zero-order valence-electron chi connectivity index (χ0n) is 13.2. The summed E-state index contributed by atoms with van der Waals surface area (Å²) in [5, 5.41) is 3.22. The van der Waals surface area contributed by atoms with Gasteiger partial charge in [-0.2, -0.15) is 0 Å². The largest absolute Gasteiger partial charge is 0.497 e. The molecule has 0 aliphatic carbocycles. The van der Waals surface area contributed by atoms with Gasteiger partial charge in [0.2, 0.25) is 5.91 Å². The summed E-state index contributed by atoms with van der Waals surface area (Å²) in [5.74, 6) is -0.516. The van der Waals surface area contributed by atoms with Crippen molar-refractivity contribution >= 4 is 28.4 Å². The van der Waals surface area contributed by atoms with E-state index in [1.54, 1.807) is 24.3 Å². The van der Waals surface area contributed by atoms with Gasteiger partial charge in [-0.15, -0.1) is 0 Å². The van der Waals surface area contributed by atoms with E-state index in [2.05, 4.69) is 5.32 Å². The summed E-state index contributed by atoms with van der Waals surface area (Å²) in [5.41, 5.74) is 1.25. The lowest BCUT2D eigenvalue weighted by molar-refractivity contribution is 0.0941. The fourth-order valence-corrected chi connectivity index (χ4v) is 2.54. The van der Waals surface area contributed by atoms with Gasteiger partial charge in [0, 0.05) is 24.2 Å². The Balaban J connectivity index is 2.07. The molecule has 0 unspecified atom stereocenters. The Labute approximate surface area is 137 Å². The third-order valence-electron chi connectivity index (χ3n) is 3.68. The summed E-state index contributed by atoms with van der Waals surface area (Å²) >= 11 is 0. The lowest BCUT2D eigenvalue weighted by Gasteiger charge is -2.05. The molecule has 0 saturated heterocycles.